The first-order chi connectivity index (χ1) is 9.56. The van der Waals surface area contributed by atoms with E-state index in [0.717, 1.165) is 19.0 Å². The molecule has 0 saturated heterocycles. The Balaban J connectivity index is 2.02. The summed E-state index contributed by atoms with van der Waals surface area (Å²) in [5, 5.41) is 3.61. The van der Waals surface area contributed by atoms with E-state index in [1.54, 1.807) is 12.1 Å². The van der Waals surface area contributed by atoms with Crippen LogP contribution in [0.1, 0.15) is 51.5 Å². The molecule has 1 aliphatic carbocycles. The molecule has 0 amide bonds. The van der Waals surface area contributed by atoms with E-state index < -0.39 is 0 Å². The van der Waals surface area contributed by atoms with Crippen LogP contribution in [0.15, 0.2) is 24.3 Å². The van der Waals surface area contributed by atoms with Crippen LogP contribution in [0, 0.1) is 23.6 Å². The normalized spacial score (nSPS) is 26.9. The summed E-state index contributed by atoms with van der Waals surface area (Å²) < 4.78 is 13.1. The summed E-state index contributed by atoms with van der Waals surface area (Å²) in [4.78, 5) is 0. The Kier molecular flexibility index (Phi) is 5.59. The molecule has 0 aromatic heterocycles. The topological polar surface area (TPSA) is 12.0 Å². The van der Waals surface area contributed by atoms with Gasteiger partial charge < -0.3 is 5.32 Å². The zero-order valence-electron chi connectivity index (χ0n) is 13.0. The van der Waals surface area contributed by atoms with Gasteiger partial charge in [-0.15, -0.1) is 0 Å². The first kappa shape index (κ1) is 15.5. The highest BCUT2D eigenvalue weighted by Gasteiger charge is 2.29. The fourth-order valence-corrected chi connectivity index (χ4v) is 3.36. The summed E-state index contributed by atoms with van der Waals surface area (Å²) in [5.41, 5.74) is 1.31. The molecular weight excluding hydrogens is 249 g/mol. The van der Waals surface area contributed by atoms with Gasteiger partial charge >= 0.3 is 0 Å². The van der Waals surface area contributed by atoms with Crippen molar-refractivity contribution in [1.82, 2.24) is 5.32 Å². The maximum absolute atomic E-state index is 13.1. The van der Waals surface area contributed by atoms with Crippen molar-refractivity contribution < 1.29 is 4.39 Å². The number of hydrogen-bond acceptors (Lipinski definition) is 1. The minimum atomic E-state index is -0.132. The molecule has 1 fully saturated rings. The largest absolute Gasteiger partial charge is 0.316 e. The maximum atomic E-state index is 13.1. The number of halogens is 1. The lowest BCUT2D eigenvalue weighted by molar-refractivity contribution is 0.240. The van der Waals surface area contributed by atoms with Crippen molar-refractivity contribution in [1.29, 1.82) is 0 Å². The van der Waals surface area contributed by atoms with Crippen molar-refractivity contribution >= 4 is 0 Å². The van der Waals surface area contributed by atoms with Gasteiger partial charge in [0.05, 0.1) is 0 Å². The van der Waals surface area contributed by atoms with Gasteiger partial charge in [-0.1, -0.05) is 39.3 Å². The lowest BCUT2D eigenvalue weighted by atomic mass is 9.71. The molecule has 0 bridgehead atoms. The molecule has 3 atom stereocenters. The average molecular weight is 277 g/mol. The van der Waals surface area contributed by atoms with Crippen molar-refractivity contribution in [2.45, 2.75) is 46.0 Å². The van der Waals surface area contributed by atoms with E-state index in [-0.39, 0.29) is 5.82 Å². The summed E-state index contributed by atoms with van der Waals surface area (Å²) in [5.74, 6) is 2.62. The van der Waals surface area contributed by atoms with E-state index >= 15 is 0 Å². The summed E-state index contributed by atoms with van der Waals surface area (Å²) in [7, 11) is 0. The van der Waals surface area contributed by atoms with Crippen molar-refractivity contribution in [3.63, 3.8) is 0 Å². The summed E-state index contributed by atoms with van der Waals surface area (Å²) >= 11 is 0. The molecule has 0 spiro atoms. The zero-order valence-corrected chi connectivity index (χ0v) is 13.0. The van der Waals surface area contributed by atoms with E-state index in [1.165, 1.54) is 24.8 Å². The molecule has 0 radical (unpaired) electrons. The highest BCUT2D eigenvalue weighted by Crippen LogP contribution is 2.40. The highest BCUT2D eigenvalue weighted by molar-refractivity contribution is 5.22. The second kappa shape index (κ2) is 7.21. The number of rotatable bonds is 5. The van der Waals surface area contributed by atoms with Crippen LogP contribution in [0.4, 0.5) is 4.39 Å². The minimum Gasteiger partial charge on any atom is -0.316 e. The van der Waals surface area contributed by atoms with Crippen LogP contribution in [-0.4, -0.2) is 13.1 Å². The zero-order chi connectivity index (χ0) is 14.5. The Bertz CT molecular complexity index is 398. The van der Waals surface area contributed by atoms with Gasteiger partial charge in [0.15, 0.2) is 0 Å². The molecule has 1 aromatic rings. The Hall–Kier alpha value is -0.890. The molecule has 0 heterocycles. The second-order valence-electron chi connectivity index (χ2n) is 6.89. The predicted molar refractivity (Wildman–Crippen MR) is 83.4 cm³/mol. The molecular formula is C18H28FN. The lowest BCUT2D eigenvalue weighted by Gasteiger charge is -2.35. The summed E-state index contributed by atoms with van der Waals surface area (Å²) in [6.45, 7) is 9.00. The van der Waals surface area contributed by atoms with E-state index in [2.05, 4.69) is 26.1 Å². The molecule has 112 valence electrons. The SMILES string of the molecule is CC(C)CNCC1CCC(C)CC1c1ccc(F)cc1. The first-order valence-corrected chi connectivity index (χ1v) is 8.02. The molecule has 0 aliphatic heterocycles. The van der Waals surface area contributed by atoms with E-state index in [9.17, 15) is 4.39 Å². The molecule has 20 heavy (non-hydrogen) atoms. The Labute approximate surface area is 123 Å². The Morgan fingerprint density at radius 2 is 1.90 bits per heavy atom. The third-order valence-corrected chi connectivity index (χ3v) is 4.51. The van der Waals surface area contributed by atoms with Crippen LogP contribution in [0.3, 0.4) is 0 Å². The average Bonchev–Trinajstić information content (AvgIpc) is 2.41. The van der Waals surface area contributed by atoms with Crippen LogP contribution in [0.25, 0.3) is 0 Å². The predicted octanol–water partition coefficient (Wildman–Crippen LogP) is 4.59. The molecule has 1 aliphatic rings. The molecule has 1 aromatic carbocycles. The third-order valence-electron chi connectivity index (χ3n) is 4.51. The van der Waals surface area contributed by atoms with Crippen molar-refractivity contribution in [3.8, 4) is 0 Å². The van der Waals surface area contributed by atoms with Crippen LogP contribution >= 0.6 is 0 Å². The third kappa shape index (κ3) is 4.31. The first-order valence-electron chi connectivity index (χ1n) is 8.02. The van der Waals surface area contributed by atoms with E-state index in [1.807, 2.05) is 12.1 Å². The van der Waals surface area contributed by atoms with Crippen LogP contribution in [-0.2, 0) is 0 Å². The van der Waals surface area contributed by atoms with Gasteiger partial charge in [-0.3, -0.25) is 0 Å². The Morgan fingerprint density at radius 3 is 2.55 bits per heavy atom. The van der Waals surface area contributed by atoms with Crippen molar-refractivity contribution in [2.75, 3.05) is 13.1 Å². The van der Waals surface area contributed by atoms with Gasteiger partial charge in [0.25, 0.3) is 0 Å². The summed E-state index contributed by atoms with van der Waals surface area (Å²) in [6.07, 6.45) is 3.85. The van der Waals surface area contributed by atoms with Gasteiger partial charge in [-0.05, 0) is 67.3 Å². The second-order valence-corrected chi connectivity index (χ2v) is 6.89. The quantitative estimate of drug-likeness (QED) is 0.830. The molecule has 2 heteroatoms. The monoisotopic (exact) mass is 277 g/mol. The molecule has 2 rings (SSSR count). The van der Waals surface area contributed by atoms with Crippen LogP contribution < -0.4 is 5.32 Å². The fraction of sp³-hybridized carbons (Fsp3) is 0.667. The van der Waals surface area contributed by atoms with Gasteiger partial charge in [-0.2, -0.15) is 0 Å². The van der Waals surface area contributed by atoms with Crippen LogP contribution in [0.5, 0.6) is 0 Å². The standard InChI is InChI=1S/C18H28FN/c1-13(2)11-20-12-16-5-4-14(3)10-18(16)15-6-8-17(19)9-7-15/h6-9,13-14,16,18,20H,4-5,10-12H2,1-3H3. The van der Waals surface area contributed by atoms with Gasteiger partial charge in [0.1, 0.15) is 5.82 Å². The van der Waals surface area contributed by atoms with Gasteiger partial charge in [-0.25, -0.2) is 4.39 Å². The highest BCUT2D eigenvalue weighted by atomic mass is 19.1. The molecule has 1 N–H and O–H groups in total. The smallest absolute Gasteiger partial charge is 0.123 e. The fourth-order valence-electron chi connectivity index (χ4n) is 3.36. The van der Waals surface area contributed by atoms with Crippen molar-refractivity contribution in [3.05, 3.63) is 35.6 Å². The maximum Gasteiger partial charge on any atom is 0.123 e. The van der Waals surface area contributed by atoms with E-state index in [4.69, 9.17) is 0 Å². The van der Waals surface area contributed by atoms with Gasteiger partial charge in [0.2, 0.25) is 0 Å². The lowest BCUT2D eigenvalue weighted by Crippen LogP contribution is -2.33. The molecule has 3 unspecified atom stereocenters. The number of nitrogens with one attached hydrogen (secondary N) is 1. The number of benzene rings is 1. The van der Waals surface area contributed by atoms with E-state index in [0.29, 0.717) is 17.8 Å². The van der Waals surface area contributed by atoms with Crippen molar-refractivity contribution in [2.24, 2.45) is 17.8 Å². The molecule has 1 nitrogen and oxygen atoms in total. The molecule has 1 saturated carbocycles. The number of hydrogen-bond donors (Lipinski definition) is 1. The Morgan fingerprint density at radius 1 is 1.20 bits per heavy atom. The van der Waals surface area contributed by atoms with Gasteiger partial charge in [0, 0.05) is 0 Å². The van der Waals surface area contributed by atoms with Crippen LogP contribution in [0.2, 0.25) is 0 Å². The minimum absolute atomic E-state index is 0.132. The summed E-state index contributed by atoms with van der Waals surface area (Å²) in [6, 6.07) is 7.17.